The first-order valence-corrected chi connectivity index (χ1v) is 12.6. The lowest BCUT2D eigenvalue weighted by molar-refractivity contribution is -0.132. The summed E-state index contributed by atoms with van der Waals surface area (Å²) in [7, 11) is 1.50. The number of H-pyrrole nitrogens is 1. The van der Waals surface area contributed by atoms with Gasteiger partial charge in [-0.15, -0.1) is 0 Å². The topological polar surface area (TPSA) is 142 Å². The van der Waals surface area contributed by atoms with Gasteiger partial charge in [0.05, 0.1) is 41.9 Å². The number of carboxylic acids is 1. The number of aliphatic hydroxyl groups is 1. The summed E-state index contributed by atoms with van der Waals surface area (Å²) in [5.74, 6) is -2.06. The number of aryl methyl sites for hydroxylation is 1. The van der Waals surface area contributed by atoms with Gasteiger partial charge in [-0.3, -0.25) is 14.5 Å². The number of aliphatic hydroxyl groups excluding tert-OH is 1. The number of anilines is 1. The zero-order chi connectivity index (χ0) is 28.6. The molecule has 2 heterocycles. The van der Waals surface area contributed by atoms with Crippen LogP contribution in [0.1, 0.15) is 46.4 Å². The molecule has 1 aromatic heterocycles. The fraction of sp³-hybridized carbons (Fsp3) is 0.200. The summed E-state index contributed by atoms with van der Waals surface area (Å²) >= 11 is 0. The number of aromatic carboxylic acids is 1. The van der Waals surface area contributed by atoms with Crippen LogP contribution in [0, 0.1) is 6.92 Å². The van der Waals surface area contributed by atoms with E-state index in [9.17, 15) is 24.6 Å². The Hall–Kier alpha value is -5.12. The van der Waals surface area contributed by atoms with E-state index in [-0.39, 0.29) is 22.8 Å². The fourth-order valence-electron chi connectivity index (χ4n) is 4.75. The molecule has 1 saturated heterocycles. The van der Waals surface area contributed by atoms with Crippen LogP contribution in [0.5, 0.6) is 11.5 Å². The Bertz CT molecular complexity index is 1690. The first-order chi connectivity index (χ1) is 19.2. The number of carboxylic acid groups (broad SMARTS) is 1. The van der Waals surface area contributed by atoms with Crippen LogP contribution in [-0.4, -0.2) is 51.6 Å². The number of carbonyl (C=O) groups excluding carboxylic acids is 2. The van der Waals surface area contributed by atoms with Crippen molar-refractivity contribution in [2.45, 2.75) is 26.3 Å². The van der Waals surface area contributed by atoms with Crippen LogP contribution in [0.15, 0.2) is 66.2 Å². The van der Waals surface area contributed by atoms with Crippen LogP contribution >= 0.6 is 0 Å². The predicted octanol–water partition coefficient (Wildman–Crippen LogP) is 4.99. The highest BCUT2D eigenvalue weighted by atomic mass is 16.5. The standard InChI is InChI=1S/C30H27N3O7/c1-4-12-40-23-11-9-18(13-16(23)2)26(34)24-25(17-6-5-7-20(14-17)39-3)33(28(36)27(24)35)30-31-21-10-8-19(29(37)38)15-22(21)32-30/h5-11,13-15,25,34H,4,12H2,1-3H3,(H,31,32)(H,37,38)/b26-24+. The molecule has 204 valence electrons. The summed E-state index contributed by atoms with van der Waals surface area (Å²) in [4.78, 5) is 47.1. The summed E-state index contributed by atoms with van der Waals surface area (Å²) in [5, 5.41) is 20.8. The summed E-state index contributed by atoms with van der Waals surface area (Å²) in [6.45, 7) is 4.37. The molecule has 0 radical (unpaired) electrons. The van der Waals surface area contributed by atoms with Gasteiger partial charge in [0, 0.05) is 5.56 Å². The number of carbonyl (C=O) groups is 3. The quantitative estimate of drug-likeness (QED) is 0.161. The average molecular weight is 542 g/mol. The van der Waals surface area contributed by atoms with E-state index in [1.54, 1.807) is 42.5 Å². The highest BCUT2D eigenvalue weighted by Crippen LogP contribution is 2.42. The monoisotopic (exact) mass is 541 g/mol. The molecule has 1 aliphatic rings. The lowest BCUT2D eigenvalue weighted by Gasteiger charge is -2.23. The van der Waals surface area contributed by atoms with E-state index in [1.807, 2.05) is 13.8 Å². The van der Waals surface area contributed by atoms with Crippen LogP contribution < -0.4 is 14.4 Å². The smallest absolute Gasteiger partial charge is 0.335 e. The van der Waals surface area contributed by atoms with E-state index in [1.165, 1.54) is 30.2 Å². The van der Waals surface area contributed by atoms with Gasteiger partial charge in [0.2, 0.25) is 5.95 Å². The van der Waals surface area contributed by atoms with Crippen molar-refractivity contribution in [3.63, 3.8) is 0 Å². The molecule has 1 amide bonds. The van der Waals surface area contributed by atoms with Gasteiger partial charge in [-0.25, -0.2) is 9.78 Å². The number of aromatic amines is 1. The molecule has 10 nitrogen and oxygen atoms in total. The third-order valence-corrected chi connectivity index (χ3v) is 6.71. The number of ketones is 1. The first kappa shape index (κ1) is 26.5. The fourth-order valence-corrected chi connectivity index (χ4v) is 4.75. The largest absolute Gasteiger partial charge is 0.507 e. The van der Waals surface area contributed by atoms with Crippen molar-refractivity contribution in [3.8, 4) is 11.5 Å². The second-order valence-electron chi connectivity index (χ2n) is 9.37. The van der Waals surface area contributed by atoms with E-state index < -0.39 is 23.7 Å². The zero-order valence-electron chi connectivity index (χ0n) is 22.1. The molecule has 5 rings (SSSR count). The maximum Gasteiger partial charge on any atom is 0.335 e. The minimum atomic E-state index is -1.11. The SMILES string of the molecule is CCCOc1ccc(/C(O)=C2\C(=O)C(=O)N(c3nc4ccc(C(=O)O)cc4[nH]3)C2c2cccc(OC)c2)cc1C. The number of ether oxygens (including phenoxy) is 2. The minimum absolute atomic E-state index is 0.0333. The Kier molecular flexibility index (Phi) is 7.00. The van der Waals surface area contributed by atoms with Gasteiger partial charge in [-0.1, -0.05) is 19.1 Å². The van der Waals surface area contributed by atoms with Gasteiger partial charge in [0.25, 0.3) is 5.78 Å². The number of nitrogens with zero attached hydrogens (tertiary/aromatic N) is 2. The number of nitrogens with one attached hydrogen (secondary N) is 1. The van der Waals surface area contributed by atoms with E-state index in [2.05, 4.69) is 9.97 Å². The van der Waals surface area contributed by atoms with Crippen molar-refractivity contribution >= 4 is 40.4 Å². The Morgan fingerprint density at radius 1 is 1.05 bits per heavy atom. The highest BCUT2D eigenvalue weighted by molar-refractivity contribution is 6.51. The van der Waals surface area contributed by atoms with Gasteiger partial charge in [0.1, 0.15) is 17.3 Å². The molecular weight excluding hydrogens is 514 g/mol. The maximum atomic E-state index is 13.5. The zero-order valence-corrected chi connectivity index (χ0v) is 22.1. The number of aromatic nitrogens is 2. The average Bonchev–Trinajstić information content (AvgIpc) is 3.49. The third kappa shape index (κ3) is 4.64. The molecule has 1 unspecified atom stereocenters. The molecule has 0 aliphatic carbocycles. The summed E-state index contributed by atoms with van der Waals surface area (Å²) in [6.07, 6.45) is 0.838. The number of imidazole rings is 1. The van der Waals surface area contributed by atoms with E-state index in [0.29, 0.717) is 40.3 Å². The van der Waals surface area contributed by atoms with Crippen LogP contribution in [-0.2, 0) is 9.59 Å². The van der Waals surface area contributed by atoms with E-state index in [4.69, 9.17) is 9.47 Å². The number of fused-ring (bicyclic) bond motifs is 1. The van der Waals surface area contributed by atoms with Crippen LogP contribution in [0.4, 0.5) is 5.95 Å². The van der Waals surface area contributed by atoms with E-state index >= 15 is 0 Å². The van der Waals surface area contributed by atoms with Crippen molar-refractivity contribution < 1.29 is 34.1 Å². The number of hydrogen-bond donors (Lipinski definition) is 3. The van der Waals surface area contributed by atoms with Gasteiger partial charge >= 0.3 is 11.9 Å². The summed E-state index contributed by atoms with van der Waals surface area (Å²) in [5.41, 5.74) is 2.32. The Morgan fingerprint density at radius 2 is 1.82 bits per heavy atom. The predicted molar refractivity (Wildman–Crippen MR) is 148 cm³/mol. The molecule has 10 heteroatoms. The van der Waals surface area contributed by atoms with Crippen molar-refractivity contribution in [1.82, 2.24) is 9.97 Å². The Labute approximate surface area is 229 Å². The molecule has 0 spiro atoms. The number of Topliss-reactive ketones (excluding diaryl/α,β-unsaturated/α-hetero) is 1. The molecule has 1 atom stereocenters. The number of benzene rings is 3. The van der Waals surface area contributed by atoms with E-state index in [0.717, 1.165) is 12.0 Å². The third-order valence-electron chi connectivity index (χ3n) is 6.71. The lowest BCUT2D eigenvalue weighted by atomic mass is 9.94. The van der Waals surface area contributed by atoms with Gasteiger partial charge in [-0.05, 0) is 73.0 Å². The molecule has 1 aliphatic heterocycles. The van der Waals surface area contributed by atoms with Gasteiger partial charge < -0.3 is 24.7 Å². The maximum absolute atomic E-state index is 13.5. The molecule has 40 heavy (non-hydrogen) atoms. The lowest BCUT2D eigenvalue weighted by Crippen LogP contribution is -2.30. The second kappa shape index (κ2) is 10.6. The number of hydrogen-bond acceptors (Lipinski definition) is 7. The minimum Gasteiger partial charge on any atom is -0.507 e. The number of rotatable bonds is 8. The summed E-state index contributed by atoms with van der Waals surface area (Å²) < 4.78 is 11.1. The van der Waals surface area contributed by atoms with Crippen LogP contribution in [0.25, 0.3) is 16.8 Å². The van der Waals surface area contributed by atoms with Crippen molar-refractivity contribution in [2.24, 2.45) is 0 Å². The first-order valence-electron chi connectivity index (χ1n) is 12.6. The second-order valence-corrected chi connectivity index (χ2v) is 9.37. The normalized spacial score (nSPS) is 16.5. The van der Waals surface area contributed by atoms with Crippen molar-refractivity contribution in [3.05, 3.63) is 88.5 Å². The Balaban J connectivity index is 1.68. The van der Waals surface area contributed by atoms with Gasteiger partial charge in [-0.2, -0.15) is 0 Å². The van der Waals surface area contributed by atoms with Gasteiger partial charge in [0.15, 0.2) is 0 Å². The van der Waals surface area contributed by atoms with Crippen LogP contribution in [0.3, 0.4) is 0 Å². The molecule has 3 aromatic carbocycles. The van der Waals surface area contributed by atoms with Crippen molar-refractivity contribution in [2.75, 3.05) is 18.6 Å². The van der Waals surface area contributed by atoms with Crippen LogP contribution in [0.2, 0.25) is 0 Å². The molecule has 0 bridgehead atoms. The molecule has 1 fully saturated rings. The molecule has 0 saturated carbocycles. The molecular formula is C30H27N3O7. The highest BCUT2D eigenvalue weighted by Gasteiger charge is 2.48. The number of methoxy groups -OCH3 is 1. The molecule has 4 aromatic rings. The number of amides is 1. The van der Waals surface area contributed by atoms with Crippen molar-refractivity contribution in [1.29, 1.82) is 0 Å². The summed E-state index contributed by atoms with van der Waals surface area (Å²) in [6, 6.07) is 15.2. The Morgan fingerprint density at radius 3 is 2.52 bits per heavy atom. The molecule has 3 N–H and O–H groups in total.